The largest absolute Gasteiger partial charge is 0.324 e. The molecular weight excluding hydrogens is 152 g/mol. The van der Waals surface area contributed by atoms with Crippen molar-refractivity contribution in [3.63, 3.8) is 0 Å². The highest BCUT2D eigenvalue weighted by Gasteiger charge is 2.13. The van der Waals surface area contributed by atoms with Gasteiger partial charge < -0.3 is 5.73 Å². The number of hydrogen-bond acceptors (Lipinski definition) is 3. The summed E-state index contributed by atoms with van der Waals surface area (Å²) >= 11 is 0. The maximum Gasteiger partial charge on any atom is 0.155 e. The third kappa shape index (κ3) is 1.89. The Bertz CT molecular complexity index is 258. The van der Waals surface area contributed by atoms with Gasteiger partial charge in [0.2, 0.25) is 0 Å². The first-order valence-electron chi connectivity index (χ1n) is 3.89. The molecule has 1 rings (SSSR count). The number of rotatable bonds is 3. The van der Waals surface area contributed by atoms with Crippen molar-refractivity contribution in [3.05, 3.63) is 30.1 Å². The number of hydrogen-bond donors (Lipinski definition) is 1. The van der Waals surface area contributed by atoms with Gasteiger partial charge in [-0.2, -0.15) is 0 Å². The van der Waals surface area contributed by atoms with Gasteiger partial charge in [-0.15, -0.1) is 0 Å². The van der Waals surface area contributed by atoms with Crippen molar-refractivity contribution in [2.45, 2.75) is 12.8 Å². The molecule has 0 spiro atoms. The van der Waals surface area contributed by atoms with E-state index in [9.17, 15) is 4.79 Å². The van der Waals surface area contributed by atoms with E-state index in [4.69, 9.17) is 5.73 Å². The number of aromatic nitrogens is 1. The first-order chi connectivity index (χ1) is 5.75. The lowest BCUT2D eigenvalue weighted by molar-refractivity contribution is -0.118. The molecule has 1 heterocycles. The molecule has 0 aromatic carbocycles. The van der Waals surface area contributed by atoms with E-state index in [1.54, 1.807) is 6.20 Å². The third-order valence-electron chi connectivity index (χ3n) is 1.82. The number of carbonyl (C=O) groups is 1. The van der Waals surface area contributed by atoms with Gasteiger partial charge in [0.1, 0.15) is 0 Å². The quantitative estimate of drug-likeness (QED) is 0.715. The summed E-state index contributed by atoms with van der Waals surface area (Å²) < 4.78 is 0. The minimum absolute atomic E-state index is 0.0219. The second-order valence-corrected chi connectivity index (χ2v) is 2.65. The zero-order chi connectivity index (χ0) is 8.97. The molecule has 3 heteroatoms. The lowest BCUT2D eigenvalue weighted by atomic mass is 10.0. The Balaban J connectivity index is 2.78. The molecule has 0 amide bonds. The van der Waals surface area contributed by atoms with Crippen LogP contribution in [-0.2, 0) is 4.79 Å². The molecule has 0 saturated carbocycles. The summed E-state index contributed by atoms with van der Waals surface area (Å²) in [5, 5.41) is 0. The van der Waals surface area contributed by atoms with Crippen LogP contribution in [0.15, 0.2) is 24.4 Å². The van der Waals surface area contributed by atoms with Gasteiger partial charge >= 0.3 is 0 Å². The smallest absolute Gasteiger partial charge is 0.155 e. The van der Waals surface area contributed by atoms with Gasteiger partial charge in [-0.05, 0) is 19.1 Å². The van der Waals surface area contributed by atoms with Gasteiger partial charge in [0.15, 0.2) is 5.78 Å². The zero-order valence-electron chi connectivity index (χ0n) is 7.03. The van der Waals surface area contributed by atoms with E-state index in [-0.39, 0.29) is 18.2 Å². The average Bonchev–Trinajstić information content (AvgIpc) is 2.17. The minimum Gasteiger partial charge on any atom is -0.324 e. The summed E-state index contributed by atoms with van der Waals surface area (Å²) in [4.78, 5) is 15.2. The van der Waals surface area contributed by atoms with Crippen LogP contribution >= 0.6 is 0 Å². The second-order valence-electron chi connectivity index (χ2n) is 2.65. The standard InChI is InChI=1S/C9H12N2O/c1-7(9(12)6-10)8-4-2-3-5-11-8/h2-5,7H,6,10H2,1H3/t7-/m0/s1. The van der Waals surface area contributed by atoms with Crippen LogP contribution in [0.5, 0.6) is 0 Å². The molecule has 0 unspecified atom stereocenters. The normalized spacial score (nSPS) is 12.5. The number of nitrogens with zero attached hydrogens (tertiary/aromatic N) is 1. The fraction of sp³-hybridized carbons (Fsp3) is 0.333. The number of ketones is 1. The van der Waals surface area contributed by atoms with Crippen LogP contribution in [0, 0.1) is 0 Å². The summed E-state index contributed by atoms with van der Waals surface area (Å²) in [5.74, 6) is -0.162. The number of nitrogens with two attached hydrogens (primary N) is 1. The Morgan fingerprint density at radius 2 is 2.42 bits per heavy atom. The van der Waals surface area contributed by atoms with E-state index < -0.39 is 0 Å². The molecule has 1 aromatic heterocycles. The molecule has 0 fully saturated rings. The molecule has 0 radical (unpaired) electrons. The predicted molar refractivity (Wildman–Crippen MR) is 46.7 cm³/mol. The molecule has 0 aliphatic rings. The summed E-state index contributed by atoms with van der Waals surface area (Å²) in [7, 11) is 0. The van der Waals surface area contributed by atoms with Crippen molar-refractivity contribution in [1.29, 1.82) is 0 Å². The van der Waals surface area contributed by atoms with Crippen molar-refractivity contribution >= 4 is 5.78 Å². The molecule has 0 aliphatic heterocycles. The van der Waals surface area contributed by atoms with Crippen molar-refractivity contribution in [2.24, 2.45) is 5.73 Å². The van der Waals surface area contributed by atoms with Gasteiger partial charge in [-0.1, -0.05) is 6.07 Å². The molecule has 3 nitrogen and oxygen atoms in total. The van der Waals surface area contributed by atoms with Gasteiger partial charge in [0, 0.05) is 6.20 Å². The molecule has 64 valence electrons. The Hall–Kier alpha value is -1.22. The summed E-state index contributed by atoms with van der Waals surface area (Å²) in [5.41, 5.74) is 6.02. The summed E-state index contributed by atoms with van der Waals surface area (Å²) in [6.45, 7) is 1.90. The van der Waals surface area contributed by atoms with Gasteiger partial charge in [-0.3, -0.25) is 9.78 Å². The lowest BCUT2D eigenvalue weighted by Crippen LogP contribution is -2.20. The highest BCUT2D eigenvalue weighted by Crippen LogP contribution is 2.11. The second kappa shape index (κ2) is 3.97. The number of Topliss-reactive ketones (excluding diaryl/α,β-unsaturated/α-hetero) is 1. The van der Waals surface area contributed by atoms with Gasteiger partial charge in [0.25, 0.3) is 0 Å². The summed E-state index contributed by atoms with van der Waals surface area (Å²) in [6.07, 6.45) is 1.68. The predicted octanol–water partition coefficient (Wildman–Crippen LogP) is 0.713. The maximum absolute atomic E-state index is 11.1. The molecule has 1 aromatic rings. The van der Waals surface area contributed by atoms with Gasteiger partial charge in [0.05, 0.1) is 18.2 Å². The SMILES string of the molecule is C[C@H](C(=O)CN)c1ccccn1. The monoisotopic (exact) mass is 164 g/mol. The Morgan fingerprint density at radius 3 is 2.92 bits per heavy atom. The van der Waals surface area contributed by atoms with Crippen LogP contribution in [0.2, 0.25) is 0 Å². The number of pyridine rings is 1. The Kier molecular flexibility index (Phi) is 2.94. The fourth-order valence-corrected chi connectivity index (χ4v) is 0.974. The minimum atomic E-state index is -0.184. The molecule has 0 aliphatic carbocycles. The van der Waals surface area contributed by atoms with Crippen LogP contribution in [0.1, 0.15) is 18.5 Å². The zero-order valence-corrected chi connectivity index (χ0v) is 7.03. The molecule has 12 heavy (non-hydrogen) atoms. The van der Waals surface area contributed by atoms with E-state index in [0.29, 0.717) is 0 Å². The molecular formula is C9H12N2O. The van der Waals surface area contributed by atoms with Crippen molar-refractivity contribution < 1.29 is 4.79 Å². The Labute approximate surface area is 71.6 Å². The molecule has 0 saturated heterocycles. The van der Waals surface area contributed by atoms with E-state index in [0.717, 1.165) is 5.69 Å². The third-order valence-corrected chi connectivity index (χ3v) is 1.82. The highest BCUT2D eigenvalue weighted by molar-refractivity contribution is 5.86. The molecule has 1 atom stereocenters. The average molecular weight is 164 g/mol. The topological polar surface area (TPSA) is 56.0 Å². The van der Waals surface area contributed by atoms with Crippen molar-refractivity contribution in [2.75, 3.05) is 6.54 Å². The molecule has 0 bridgehead atoms. The van der Waals surface area contributed by atoms with Crippen LogP contribution in [0.3, 0.4) is 0 Å². The highest BCUT2D eigenvalue weighted by atomic mass is 16.1. The fourth-order valence-electron chi connectivity index (χ4n) is 0.974. The molecule has 2 N–H and O–H groups in total. The van der Waals surface area contributed by atoms with E-state index in [1.165, 1.54) is 0 Å². The lowest BCUT2D eigenvalue weighted by Gasteiger charge is -2.06. The van der Waals surface area contributed by atoms with Crippen molar-refractivity contribution in [3.8, 4) is 0 Å². The van der Waals surface area contributed by atoms with Crippen LogP contribution in [0.25, 0.3) is 0 Å². The first-order valence-corrected chi connectivity index (χ1v) is 3.89. The Morgan fingerprint density at radius 1 is 1.67 bits per heavy atom. The van der Waals surface area contributed by atoms with Crippen LogP contribution in [-0.4, -0.2) is 17.3 Å². The first kappa shape index (κ1) is 8.87. The van der Waals surface area contributed by atoms with E-state index in [2.05, 4.69) is 4.98 Å². The van der Waals surface area contributed by atoms with E-state index >= 15 is 0 Å². The van der Waals surface area contributed by atoms with E-state index in [1.807, 2.05) is 25.1 Å². The number of carbonyl (C=O) groups excluding carboxylic acids is 1. The maximum atomic E-state index is 11.1. The van der Waals surface area contributed by atoms with Crippen LogP contribution in [0.4, 0.5) is 0 Å². The van der Waals surface area contributed by atoms with Gasteiger partial charge in [-0.25, -0.2) is 0 Å². The summed E-state index contributed by atoms with van der Waals surface area (Å²) in [6, 6.07) is 5.52. The van der Waals surface area contributed by atoms with Crippen LogP contribution < -0.4 is 5.73 Å². The van der Waals surface area contributed by atoms with Crippen molar-refractivity contribution in [1.82, 2.24) is 4.98 Å².